The molecule has 1 N–H and O–H groups in total. The molecule has 0 radical (unpaired) electrons. The monoisotopic (exact) mass is 227 g/mol. The maximum Gasteiger partial charge on any atom is 0.333 e. The number of esters is 1. The lowest BCUT2D eigenvalue weighted by Gasteiger charge is -2.08. The lowest BCUT2D eigenvalue weighted by molar-refractivity contribution is -0.136. The van der Waals surface area contributed by atoms with E-state index < -0.39 is 0 Å². The molecule has 1 fully saturated rings. The van der Waals surface area contributed by atoms with E-state index >= 15 is 0 Å². The molecular formula is C12H21NO3. The van der Waals surface area contributed by atoms with Crippen molar-refractivity contribution in [3.63, 3.8) is 0 Å². The average Bonchev–Trinajstić information content (AvgIpc) is 2.81. The van der Waals surface area contributed by atoms with Gasteiger partial charge in [0.15, 0.2) is 0 Å². The number of hydrogen-bond donors (Lipinski definition) is 1. The Labute approximate surface area is 97.0 Å². The molecule has 1 heterocycles. The van der Waals surface area contributed by atoms with E-state index in [1.165, 1.54) is 7.11 Å². The van der Waals surface area contributed by atoms with Gasteiger partial charge >= 0.3 is 5.97 Å². The second-order valence-electron chi connectivity index (χ2n) is 3.96. The second-order valence-corrected chi connectivity index (χ2v) is 3.96. The van der Waals surface area contributed by atoms with Crippen molar-refractivity contribution in [3.8, 4) is 0 Å². The summed E-state index contributed by atoms with van der Waals surface area (Å²) in [7, 11) is 1.41. The number of ether oxygens (including phenoxy) is 2. The average molecular weight is 227 g/mol. The van der Waals surface area contributed by atoms with E-state index in [-0.39, 0.29) is 5.97 Å². The molecule has 1 aliphatic rings. The number of carbonyl (C=O) groups is 1. The van der Waals surface area contributed by atoms with Gasteiger partial charge in [-0.05, 0) is 18.8 Å². The molecule has 0 aromatic heterocycles. The van der Waals surface area contributed by atoms with E-state index in [1.807, 2.05) is 13.0 Å². The standard InChI is InChI=1S/C12H21NO3/c1-3-11(12(14)15-2)4-6-13-8-10-5-7-16-9-10/h4,10,13H,3,5-9H2,1-2H3. The summed E-state index contributed by atoms with van der Waals surface area (Å²) in [6.07, 6.45) is 3.75. The Kier molecular flexibility index (Phi) is 6.11. The summed E-state index contributed by atoms with van der Waals surface area (Å²) >= 11 is 0. The molecule has 0 aromatic carbocycles. The van der Waals surface area contributed by atoms with Crippen LogP contribution in [0.25, 0.3) is 0 Å². The van der Waals surface area contributed by atoms with Crippen LogP contribution in [-0.4, -0.2) is 39.4 Å². The SMILES string of the molecule is CCC(=CCNCC1CCOC1)C(=O)OC. The van der Waals surface area contributed by atoms with Gasteiger partial charge in [0, 0.05) is 25.3 Å². The van der Waals surface area contributed by atoms with E-state index in [2.05, 4.69) is 10.1 Å². The Bertz CT molecular complexity index is 245. The minimum absolute atomic E-state index is 0.228. The maximum absolute atomic E-state index is 11.3. The molecule has 1 saturated heterocycles. The van der Waals surface area contributed by atoms with Crippen molar-refractivity contribution in [2.24, 2.45) is 5.92 Å². The zero-order valence-electron chi connectivity index (χ0n) is 10.1. The van der Waals surface area contributed by atoms with Crippen LogP contribution in [0.4, 0.5) is 0 Å². The minimum Gasteiger partial charge on any atom is -0.466 e. The molecule has 0 aliphatic carbocycles. The van der Waals surface area contributed by atoms with E-state index in [1.54, 1.807) is 0 Å². The van der Waals surface area contributed by atoms with Gasteiger partial charge in [-0.3, -0.25) is 0 Å². The lowest BCUT2D eigenvalue weighted by Crippen LogP contribution is -2.23. The van der Waals surface area contributed by atoms with Crippen LogP contribution in [0, 0.1) is 5.92 Å². The van der Waals surface area contributed by atoms with Gasteiger partial charge in [-0.25, -0.2) is 4.79 Å². The number of carbonyl (C=O) groups excluding carboxylic acids is 1. The highest BCUT2D eigenvalue weighted by molar-refractivity contribution is 5.88. The molecule has 0 saturated carbocycles. The van der Waals surface area contributed by atoms with Crippen molar-refractivity contribution < 1.29 is 14.3 Å². The van der Waals surface area contributed by atoms with Gasteiger partial charge in [0.05, 0.1) is 13.7 Å². The molecule has 4 nitrogen and oxygen atoms in total. The third kappa shape index (κ3) is 4.33. The van der Waals surface area contributed by atoms with Gasteiger partial charge < -0.3 is 14.8 Å². The van der Waals surface area contributed by atoms with E-state index in [4.69, 9.17) is 4.74 Å². The van der Waals surface area contributed by atoms with Crippen LogP contribution in [0.5, 0.6) is 0 Å². The predicted molar refractivity (Wildman–Crippen MR) is 62.2 cm³/mol. The van der Waals surface area contributed by atoms with Crippen LogP contribution in [0.3, 0.4) is 0 Å². The summed E-state index contributed by atoms with van der Waals surface area (Å²) < 4.78 is 9.96. The van der Waals surface area contributed by atoms with Gasteiger partial charge in [-0.2, -0.15) is 0 Å². The molecule has 0 amide bonds. The van der Waals surface area contributed by atoms with Crippen molar-refractivity contribution >= 4 is 5.97 Å². The Morgan fingerprint density at radius 1 is 1.62 bits per heavy atom. The Morgan fingerprint density at radius 3 is 3.00 bits per heavy atom. The smallest absolute Gasteiger partial charge is 0.333 e. The van der Waals surface area contributed by atoms with E-state index in [9.17, 15) is 4.79 Å². The van der Waals surface area contributed by atoms with Gasteiger partial charge in [0.25, 0.3) is 0 Å². The van der Waals surface area contributed by atoms with Crippen LogP contribution in [0.15, 0.2) is 11.6 Å². The first kappa shape index (κ1) is 13.2. The van der Waals surface area contributed by atoms with Gasteiger partial charge in [0.2, 0.25) is 0 Å². The van der Waals surface area contributed by atoms with Crippen molar-refractivity contribution in [1.82, 2.24) is 5.32 Å². The molecule has 4 heteroatoms. The number of nitrogens with one attached hydrogen (secondary N) is 1. The Hall–Kier alpha value is -0.870. The van der Waals surface area contributed by atoms with Crippen LogP contribution in [0.2, 0.25) is 0 Å². The maximum atomic E-state index is 11.3. The zero-order valence-corrected chi connectivity index (χ0v) is 10.1. The Balaban J connectivity index is 2.20. The Morgan fingerprint density at radius 2 is 2.44 bits per heavy atom. The van der Waals surface area contributed by atoms with Gasteiger partial charge in [-0.15, -0.1) is 0 Å². The highest BCUT2D eigenvalue weighted by atomic mass is 16.5. The lowest BCUT2D eigenvalue weighted by atomic mass is 10.1. The molecule has 1 unspecified atom stereocenters. The fraction of sp³-hybridized carbons (Fsp3) is 0.750. The van der Waals surface area contributed by atoms with Crippen LogP contribution >= 0.6 is 0 Å². The van der Waals surface area contributed by atoms with Crippen molar-refractivity contribution in [1.29, 1.82) is 0 Å². The molecule has 0 spiro atoms. The van der Waals surface area contributed by atoms with Crippen molar-refractivity contribution in [3.05, 3.63) is 11.6 Å². The zero-order chi connectivity index (χ0) is 11.8. The van der Waals surface area contributed by atoms with Crippen LogP contribution in [0.1, 0.15) is 19.8 Å². The van der Waals surface area contributed by atoms with Gasteiger partial charge in [-0.1, -0.05) is 13.0 Å². The molecule has 0 bridgehead atoms. The first-order valence-electron chi connectivity index (χ1n) is 5.83. The third-order valence-corrected chi connectivity index (χ3v) is 2.78. The van der Waals surface area contributed by atoms with Gasteiger partial charge in [0.1, 0.15) is 0 Å². The third-order valence-electron chi connectivity index (χ3n) is 2.78. The van der Waals surface area contributed by atoms with Crippen molar-refractivity contribution in [2.75, 3.05) is 33.4 Å². The molecule has 1 atom stereocenters. The topological polar surface area (TPSA) is 47.6 Å². The highest BCUT2D eigenvalue weighted by Gasteiger charge is 2.14. The normalized spacial score (nSPS) is 21.1. The number of methoxy groups -OCH3 is 1. The fourth-order valence-electron chi connectivity index (χ4n) is 1.73. The highest BCUT2D eigenvalue weighted by Crippen LogP contribution is 2.10. The minimum atomic E-state index is -0.228. The summed E-state index contributed by atoms with van der Waals surface area (Å²) in [6.45, 7) is 5.36. The molecule has 16 heavy (non-hydrogen) atoms. The quantitative estimate of drug-likeness (QED) is 0.420. The summed E-state index contributed by atoms with van der Waals surface area (Å²) in [4.78, 5) is 11.3. The second kappa shape index (κ2) is 7.41. The van der Waals surface area contributed by atoms with Crippen LogP contribution < -0.4 is 5.32 Å². The van der Waals surface area contributed by atoms with E-state index in [0.29, 0.717) is 12.3 Å². The number of rotatable bonds is 6. The first-order valence-corrected chi connectivity index (χ1v) is 5.83. The summed E-state index contributed by atoms with van der Waals surface area (Å²) in [5.74, 6) is 0.394. The molecular weight excluding hydrogens is 206 g/mol. The van der Waals surface area contributed by atoms with Crippen LogP contribution in [-0.2, 0) is 14.3 Å². The molecule has 1 aliphatic heterocycles. The first-order chi connectivity index (χ1) is 7.77. The summed E-state index contributed by atoms with van der Waals surface area (Å²) in [5.41, 5.74) is 0.734. The molecule has 0 aromatic rings. The summed E-state index contributed by atoms with van der Waals surface area (Å²) in [6, 6.07) is 0. The molecule has 1 rings (SSSR count). The predicted octanol–water partition coefficient (Wildman–Crippen LogP) is 1.12. The van der Waals surface area contributed by atoms with E-state index in [0.717, 1.165) is 38.3 Å². The number of hydrogen-bond acceptors (Lipinski definition) is 4. The fourth-order valence-corrected chi connectivity index (χ4v) is 1.73. The summed E-state index contributed by atoms with van der Waals surface area (Å²) in [5, 5.41) is 3.31. The van der Waals surface area contributed by atoms with Crippen molar-refractivity contribution in [2.45, 2.75) is 19.8 Å². The molecule has 92 valence electrons. The largest absolute Gasteiger partial charge is 0.466 e.